The lowest BCUT2D eigenvalue weighted by Gasteiger charge is -2.12. The summed E-state index contributed by atoms with van der Waals surface area (Å²) in [5.74, 6) is 1.38. The number of benzene rings is 1. The fraction of sp³-hybridized carbons (Fsp3) is 0.500. The van der Waals surface area contributed by atoms with Gasteiger partial charge in [0, 0.05) is 11.5 Å². The molecule has 2 unspecified atom stereocenters. The largest absolute Gasteiger partial charge is 0.409 e. The van der Waals surface area contributed by atoms with Crippen molar-refractivity contribution in [3.05, 3.63) is 29.3 Å². The van der Waals surface area contributed by atoms with Crippen LogP contribution in [0.15, 0.2) is 23.4 Å². The summed E-state index contributed by atoms with van der Waals surface area (Å²) >= 11 is 0. The number of aryl methyl sites for hydroxylation is 1. The predicted molar refractivity (Wildman–Crippen MR) is 81.3 cm³/mol. The highest BCUT2D eigenvalue weighted by molar-refractivity contribution is 6.07. The molecule has 2 atom stereocenters. The van der Waals surface area contributed by atoms with Gasteiger partial charge in [-0.05, 0) is 43.2 Å². The van der Waals surface area contributed by atoms with Gasteiger partial charge in [-0.1, -0.05) is 30.1 Å². The fourth-order valence-electron chi connectivity index (χ4n) is 3.76. The van der Waals surface area contributed by atoms with Gasteiger partial charge in [0.15, 0.2) is 5.84 Å². The van der Waals surface area contributed by atoms with Crippen molar-refractivity contribution in [2.24, 2.45) is 28.6 Å². The monoisotopic (exact) mass is 287 g/mol. The summed E-state index contributed by atoms with van der Waals surface area (Å²) in [5, 5.41) is 14.9. The molecule has 2 saturated carbocycles. The number of nitrogens with two attached hydrogens (primary N) is 1. The van der Waals surface area contributed by atoms with E-state index in [4.69, 9.17) is 10.9 Å². The number of nitrogens with one attached hydrogen (secondary N) is 1. The molecule has 0 saturated heterocycles. The van der Waals surface area contributed by atoms with Crippen molar-refractivity contribution in [1.29, 1.82) is 0 Å². The molecule has 5 nitrogen and oxygen atoms in total. The van der Waals surface area contributed by atoms with Gasteiger partial charge in [0.1, 0.15) is 0 Å². The zero-order valence-electron chi connectivity index (χ0n) is 12.2. The zero-order chi connectivity index (χ0) is 15.0. The number of oxime groups is 1. The Morgan fingerprint density at radius 2 is 2.00 bits per heavy atom. The minimum atomic E-state index is 0.0246. The highest BCUT2D eigenvalue weighted by Gasteiger charge is 2.54. The second-order valence-corrected chi connectivity index (χ2v) is 6.11. The molecule has 0 aliphatic heterocycles. The van der Waals surface area contributed by atoms with E-state index in [1.54, 1.807) is 6.07 Å². The van der Waals surface area contributed by atoms with Crippen LogP contribution in [0.25, 0.3) is 0 Å². The number of amidine groups is 1. The van der Waals surface area contributed by atoms with Crippen LogP contribution in [0.2, 0.25) is 0 Å². The number of hydrogen-bond donors (Lipinski definition) is 3. The molecule has 2 aliphatic rings. The molecule has 0 bridgehead atoms. The summed E-state index contributed by atoms with van der Waals surface area (Å²) in [7, 11) is 0. The van der Waals surface area contributed by atoms with Crippen LogP contribution in [0.4, 0.5) is 5.69 Å². The normalized spacial score (nSPS) is 27.9. The molecular weight excluding hydrogens is 266 g/mol. The Morgan fingerprint density at radius 3 is 2.62 bits per heavy atom. The van der Waals surface area contributed by atoms with Crippen LogP contribution in [0, 0.1) is 24.7 Å². The van der Waals surface area contributed by atoms with E-state index < -0.39 is 0 Å². The van der Waals surface area contributed by atoms with Crippen LogP contribution < -0.4 is 11.1 Å². The maximum Gasteiger partial charge on any atom is 0.228 e. The molecule has 1 aromatic carbocycles. The lowest BCUT2D eigenvalue weighted by atomic mass is 10.0. The molecule has 1 aromatic rings. The number of nitrogens with zero attached hydrogens (tertiary/aromatic N) is 1. The predicted octanol–water partition coefficient (Wildman–Crippen LogP) is 2.46. The average Bonchev–Trinajstić information content (AvgIpc) is 3.21. The van der Waals surface area contributed by atoms with Gasteiger partial charge in [-0.3, -0.25) is 4.79 Å². The van der Waals surface area contributed by atoms with Crippen LogP contribution in [-0.4, -0.2) is 17.0 Å². The minimum Gasteiger partial charge on any atom is -0.409 e. The van der Waals surface area contributed by atoms with Crippen molar-refractivity contribution >= 4 is 17.4 Å². The Morgan fingerprint density at radius 1 is 1.33 bits per heavy atom. The molecule has 3 rings (SSSR count). The third kappa shape index (κ3) is 2.48. The van der Waals surface area contributed by atoms with Crippen molar-refractivity contribution in [1.82, 2.24) is 0 Å². The SMILES string of the molecule is Cc1cccc(NC(=O)C2C3CCCCC32)c1/C(N)=N/O. The second-order valence-electron chi connectivity index (χ2n) is 6.11. The highest BCUT2D eigenvalue weighted by Crippen LogP contribution is 2.55. The molecule has 2 fully saturated rings. The number of fused-ring (bicyclic) bond motifs is 1. The van der Waals surface area contributed by atoms with Crippen molar-refractivity contribution in [2.75, 3.05) is 5.32 Å². The number of carbonyl (C=O) groups excluding carboxylic acids is 1. The third-order valence-corrected chi connectivity index (χ3v) is 4.85. The fourth-order valence-corrected chi connectivity index (χ4v) is 3.76. The molecule has 0 radical (unpaired) electrons. The average molecular weight is 287 g/mol. The maximum absolute atomic E-state index is 12.5. The zero-order valence-corrected chi connectivity index (χ0v) is 12.2. The summed E-state index contributed by atoms with van der Waals surface area (Å²) in [6.45, 7) is 1.87. The Bertz CT molecular complexity index is 585. The molecular formula is C16H21N3O2. The van der Waals surface area contributed by atoms with Crippen LogP contribution in [0.1, 0.15) is 36.8 Å². The summed E-state index contributed by atoms with van der Waals surface area (Å²) in [5.41, 5.74) is 7.82. The molecule has 21 heavy (non-hydrogen) atoms. The van der Waals surface area contributed by atoms with Gasteiger partial charge >= 0.3 is 0 Å². The van der Waals surface area contributed by atoms with Gasteiger partial charge < -0.3 is 16.3 Å². The molecule has 0 heterocycles. The van der Waals surface area contributed by atoms with Crippen LogP contribution in [0.5, 0.6) is 0 Å². The van der Waals surface area contributed by atoms with E-state index in [0.29, 0.717) is 23.1 Å². The Balaban J connectivity index is 1.79. The topological polar surface area (TPSA) is 87.7 Å². The minimum absolute atomic E-state index is 0.0246. The van der Waals surface area contributed by atoms with Crippen molar-refractivity contribution < 1.29 is 10.0 Å². The first-order valence-corrected chi connectivity index (χ1v) is 7.52. The molecule has 5 heteroatoms. The maximum atomic E-state index is 12.5. The summed E-state index contributed by atoms with van der Waals surface area (Å²) in [4.78, 5) is 12.5. The van der Waals surface area contributed by atoms with E-state index in [9.17, 15) is 4.79 Å². The summed E-state index contributed by atoms with van der Waals surface area (Å²) in [6, 6.07) is 5.53. The van der Waals surface area contributed by atoms with Gasteiger partial charge in [0.05, 0.1) is 5.69 Å². The van der Waals surface area contributed by atoms with Gasteiger partial charge in [-0.2, -0.15) is 0 Å². The van der Waals surface area contributed by atoms with E-state index >= 15 is 0 Å². The van der Waals surface area contributed by atoms with E-state index in [2.05, 4.69) is 10.5 Å². The van der Waals surface area contributed by atoms with Gasteiger partial charge in [-0.15, -0.1) is 0 Å². The number of rotatable bonds is 3. The summed E-state index contributed by atoms with van der Waals surface area (Å²) < 4.78 is 0. The first-order valence-electron chi connectivity index (χ1n) is 7.52. The smallest absolute Gasteiger partial charge is 0.228 e. The lowest BCUT2D eigenvalue weighted by molar-refractivity contribution is -0.117. The van der Waals surface area contributed by atoms with Crippen molar-refractivity contribution in [3.63, 3.8) is 0 Å². The number of carbonyl (C=O) groups is 1. The Kier molecular flexibility index (Phi) is 3.57. The van der Waals surface area contributed by atoms with Crippen LogP contribution >= 0.6 is 0 Å². The molecule has 0 aromatic heterocycles. The number of hydrogen-bond acceptors (Lipinski definition) is 3. The summed E-state index contributed by atoms with van der Waals surface area (Å²) in [6.07, 6.45) is 4.82. The highest BCUT2D eigenvalue weighted by atomic mass is 16.4. The van der Waals surface area contributed by atoms with Crippen LogP contribution in [0.3, 0.4) is 0 Å². The quantitative estimate of drug-likeness (QED) is 0.345. The van der Waals surface area contributed by atoms with E-state index in [0.717, 1.165) is 5.56 Å². The molecule has 0 spiro atoms. The van der Waals surface area contributed by atoms with Crippen LogP contribution in [-0.2, 0) is 4.79 Å². The molecule has 4 N–H and O–H groups in total. The third-order valence-electron chi connectivity index (χ3n) is 4.85. The number of anilines is 1. The van der Waals surface area contributed by atoms with E-state index in [1.165, 1.54) is 25.7 Å². The first-order chi connectivity index (χ1) is 10.1. The Labute approximate surface area is 124 Å². The Hall–Kier alpha value is -2.04. The molecule has 1 amide bonds. The van der Waals surface area contributed by atoms with E-state index in [1.807, 2.05) is 19.1 Å². The van der Waals surface area contributed by atoms with Crippen molar-refractivity contribution in [2.45, 2.75) is 32.6 Å². The van der Waals surface area contributed by atoms with Gasteiger partial charge in [0.2, 0.25) is 5.91 Å². The second kappa shape index (κ2) is 5.39. The standard InChI is InChI=1S/C16H21N3O2/c1-9-5-4-8-12(13(9)15(17)19-21)18-16(20)14-10-6-2-3-7-11(10)14/h4-5,8,10-11,14,21H,2-3,6-7H2,1H3,(H2,17,19)(H,18,20). The van der Waals surface area contributed by atoms with Gasteiger partial charge in [-0.25, -0.2) is 0 Å². The first kappa shape index (κ1) is 13.9. The number of amides is 1. The van der Waals surface area contributed by atoms with E-state index in [-0.39, 0.29) is 17.7 Å². The molecule has 2 aliphatic carbocycles. The lowest BCUT2D eigenvalue weighted by Crippen LogP contribution is -2.21. The molecule has 112 valence electrons. The van der Waals surface area contributed by atoms with Crippen molar-refractivity contribution in [3.8, 4) is 0 Å². The van der Waals surface area contributed by atoms with Gasteiger partial charge in [0.25, 0.3) is 0 Å².